The molecule has 5 heteroatoms. The number of rotatable bonds is 3. The summed E-state index contributed by atoms with van der Waals surface area (Å²) in [6.45, 7) is 0.458. The molecule has 1 amide bonds. The molecule has 0 saturated heterocycles. The largest absolute Gasteiger partial charge is 0.449 e. The molecular formula is C24H19ClN2O2. The van der Waals surface area contributed by atoms with Crippen molar-refractivity contribution in [1.29, 1.82) is 0 Å². The van der Waals surface area contributed by atoms with Crippen molar-refractivity contribution in [3.63, 3.8) is 0 Å². The summed E-state index contributed by atoms with van der Waals surface area (Å²) in [6, 6.07) is 21.6. The maximum atomic E-state index is 12.1. The summed E-state index contributed by atoms with van der Waals surface area (Å²) in [4.78, 5) is 12.1. The number of anilines is 1. The van der Waals surface area contributed by atoms with E-state index in [1.807, 2.05) is 24.3 Å². The molecule has 0 heterocycles. The van der Waals surface area contributed by atoms with E-state index in [4.69, 9.17) is 22.1 Å². The molecule has 0 aliphatic heterocycles. The molecule has 3 N–H and O–H groups in total. The number of carbonyl (C=O) groups excluding carboxylic acids is 1. The van der Waals surface area contributed by atoms with Gasteiger partial charge in [0.15, 0.2) is 0 Å². The molecule has 0 radical (unpaired) electrons. The topological polar surface area (TPSA) is 64.3 Å². The zero-order valence-electron chi connectivity index (χ0n) is 15.6. The minimum Gasteiger partial charge on any atom is -0.449 e. The molecule has 144 valence electrons. The SMILES string of the molecule is Nc1ccc(C#CCNC(=O)OCC2c3ccccc3-c3ccccc32)cc1Cl. The summed E-state index contributed by atoms with van der Waals surface area (Å²) < 4.78 is 5.47. The fourth-order valence-corrected chi connectivity index (χ4v) is 3.70. The molecule has 1 aliphatic rings. The van der Waals surface area contributed by atoms with E-state index < -0.39 is 6.09 Å². The van der Waals surface area contributed by atoms with Crippen LogP contribution in [0, 0.1) is 11.8 Å². The third kappa shape index (κ3) is 4.06. The lowest BCUT2D eigenvalue weighted by molar-refractivity contribution is 0.144. The first-order chi connectivity index (χ1) is 14.1. The second-order valence-electron chi connectivity index (χ2n) is 6.72. The smallest absolute Gasteiger partial charge is 0.407 e. The van der Waals surface area contributed by atoms with Crippen LogP contribution in [0.15, 0.2) is 66.7 Å². The van der Waals surface area contributed by atoms with E-state index in [2.05, 4.69) is 41.4 Å². The Balaban J connectivity index is 1.35. The van der Waals surface area contributed by atoms with Crippen LogP contribution in [0.5, 0.6) is 0 Å². The predicted molar refractivity (Wildman–Crippen MR) is 116 cm³/mol. The lowest BCUT2D eigenvalue weighted by Gasteiger charge is -2.14. The van der Waals surface area contributed by atoms with Crippen LogP contribution >= 0.6 is 11.6 Å². The molecule has 3 aromatic rings. The molecule has 4 rings (SSSR count). The van der Waals surface area contributed by atoms with Gasteiger partial charge in [-0.2, -0.15) is 0 Å². The number of ether oxygens (including phenoxy) is 1. The third-order valence-corrected chi connectivity index (χ3v) is 5.23. The minimum absolute atomic E-state index is 0.0381. The Morgan fingerprint density at radius 3 is 2.34 bits per heavy atom. The monoisotopic (exact) mass is 402 g/mol. The minimum atomic E-state index is -0.489. The first kappa shape index (κ1) is 18.9. The Labute approximate surface area is 174 Å². The normalized spacial score (nSPS) is 11.8. The van der Waals surface area contributed by atoms with Gasteiger partial charge in [0.05, 0.1) is 17.3 Å². The molecule has 1 aliphatic carbocycles. The Morgan fingerprint density at radius 1 is 1.03 bits per heavy atom. The Hall–Kier alpha value is -3.42. The van der Waals surface area contributed by atoms with Crippen molar-refractivity contribution in [2.24, 2.45) is 0 Å². The summed E-state index contributed by atoms with van der Waals surface area (Å²) in [5.74, 6) is 5.85. The van der Waals surface area contributed by atoms with Crippen LogP contribution in [0.3, 0.4) is 0 Å². The highest BCUT2D eigenvalue weighted by atomic mass is 35.5. The zero-order chi connectivity index (χ0) is 20.2. The van der Waals surface area contributed by atoms with Crippen molar-refractivity contribution in [3.05, 3.63) is 88.4 Å². The molecule has 0 unspecified atom stereocenters. The predicted octanol–water partition coefficient (Wildman–Crippen LogP) is 4.81. The summed E-state index contributed by atoms with van der Waals surface area (Å²) in [7, 11) is 0. The average Bonchev–Trinajstić information content (AvgIpc) is 3.06. The number of hydrogen-bond acceptors (Lipinski definition) is 3. The van der Waals surface area contributed by atoms with Gasteiger partial charge in [-0.1, -0.05) is 72.0 Å². The Kier molecular flexibility index (Phi) is 5.41. The van der Waals surface area contributed by atoms with E-state index >= 15 is 0 Å². The fraction of sp³-hybridized carbons (Fsp3) is 0.125. The zero-order valence-corrected chi connectivity index (χ0v) is 16.4. The average molecular weight is 403 g/mol. The number of nitrogens with one attached hydrogen (secondary N) is 1. The highest BCUT2D eigenvalue weighted by Crippen LogP contribution is 2.44. The van der Waals surface area contributed by atoms with Crippen LogP contribution in [-0.2, 0) is 4.74 Å². The van der Waals surface area contributed by atoms with Crippen molar-refractivity contribution in [1.82, 2.24) is 5.32 Å². The van der Waals surface area contributed by atoms with Gasteiger partial charge in [-0.3, -0.25) is 0 Å². The number of halogens is 1. The van der Waals surface area contributed by atoms with Gasteiger partial charge in [0, 0.05) is 11.5 Å². The van der Waals surface area contributed by atoms with Crippen LogP contribution in [0.25, 0.3) is 11.1 Å². The number of fused-ring (bicyclic) bond motifs is 3. The van der Waals surface area contributed by atoms with Crippen LogP contribution in [-0.4, -0.2) is 19.2 Å². The van der Waals surface area contributed by atoms with Gasteiger partial charge in [-0.15, -0.1) is 0 Å². The summed E-state index contributed by atoms with van der Waals surface area (Å²) >= 11 is 5.97. The molecule has 0 fully saturated rings. The van der Waals surface area contributed by atoms with E-state index in [1.165, 1.54) is 22.3 Å². The Morgan fingerprint density at radius 2 is 1.69 bits per heavy atom. The maximum absolute atomic E-state index is 12.1. The van der Waals surface area contributed by atoms with Crippen molar-refractivity contribution in [2.45, 2.75) is 5.92 Å². The molecule has 0 spiro atoms. The van der Waals surface area contributed by atoms with Gasteiger partial charge in [-0.25, -0.2) is 4.79 Å². The molecule has 4 nitrogen and oxygen atoms in total. The van der Waals surface area contributed by atoms with E-state index in [-0.39, 0.29) is 19.1 Å². The van der Waals surface area contributed by atoms with E-state index in [9.17, 15) is 4.79 Å². The van der Waals surface area contributed by atoms with Crippen LogP contribution in [0.4, 0.5) is 10.5 Å². The number of amides is 1. The van der Waals surface area contributed by atoms with E-state index in [0.29, 0.717) is 10.7 Å². The van der Waals surface area contributed by atoms with Crippen molar-refractivity contribution in [2.75, 3.05) is 18.9 Å². The first-order valence-electron chi connectivity index (χ1n) is 9.26. The molecule has 0 saturated carbocycles. The quantitative estimate of drug-likeness (QED) is 0.488. The molecular weight excluding hydrogens is 384 g/mol. The number of nitrogen functional groups attached to an aromatic ring is 1. The molecule has 0 atom stereocenters. The van der Waals surface area contributed by atoms with Crippen molar-refractivity contribution >= 4 is 23.4 Å². The molecule has 29 heavy (non-hydrogen) atoms. The molecule has 0 bridgehead atoms. The van der Waals surface area contributed by atoms with Crippen LogP contribution in [0.2, 0.25) is 5.02 Å². The van der Waals surface area contributed by atoms with Gasteiger partial charge in [-0.05, 0) is 40.5 Å². The van der Waals surface area contributed by atoms with Crippen LogP contribution < -0.4 is 11.1 Å². The van der Waals surface area contributed by atoms with Crippen molar-refractivity contribution in [3.8, 4) is 23.0 Å². The highest BCUT2D eigenvalue weighted by molar-refractivity contribution is 6.33. The second kappa shape index (κ2) is 8.30. The van der Waals surface area contributed by atoms with Gasteiger partial charge in [0.2, 0.25) is 0 Å². The van der Waals surface area contributed by atoms with Gasteiger partial charge >= 0.3 is 6.09 Å². The van der Waals surface area contributed by atoms with E-state index in [0.717, 1.165) is 5.56 Å². The molecule has 3 aromatic carbocycles. The van der Waals surface area contributed by atoms with Gasteiger partial charge in [0.25, 0.3) is 0 Å². The third-order valence-electron chi connectivity index (χ3n) is 4.90. The fourth-order valence-electron chi connectivity index (χ4n) is 3.52. The van der Waals surface area contributed by atoms with Crippen molar-refractivity contribution < 1.29 is 9.53 Å². The lowest BCUT2D eigenvalue weighted by Crippen LogP contribution is -2.26. The number of nitrogens with two attached hydrogens (primary N) is 1. The summed E-state index contributed by atoms with van der Waals surface area (Å²) in [5.41, 5.74) is 11.7. The number of carbonyl (C=O) groups is 1. The van der Waals surface area contributed by atoms with Crippen LogP contribution in [0.1, 0.15) is 22.6 Å². The maximum Gasteiger partial charge on any atom is 0.407 e. The highest BCUT2D eigenvalue weighted by Gasteiger charge is 2.28. The number of hydrogen-bond donors (Lipinski definition) is 2. The second-order valence-corrected chi connectivity index (χ2v) is 7.12. The molecule has 0 aromatic heterocycles. The standard InChI is InChI=1S/C24H19ClN2O2/c25-22-14-16(11-12-23(22)26)6-5-13-27-24(28)29-15-21-19-9-3-1-7-17(19)18-8-2-4-10-20(18)21/h1-4,7-12,14,21H,13,15,26H2,(H,27,28). The Bertz CT molecular complexity index is 1090. The van der Waals surface area contributed by atoms with E-state index in [1.54, 1.807) is 18.2 Å². The summed E-state index contributed by atoms with van der Waals surface area (Å²) in [6.07, 6.45) is -0.489. The number of benzene rings is 3. The number of alkyl carbamates (subject to hydrolysis) is 1. The summed E-state index contributed by atoms with van der Waals surface area (Å²) in [5, 5.41) is 3.12. The van der Waals surface area contributed by atoms with Gasteiger partial charge < -0.3 is 15.8 Å². The van der Waals surface area contributed by atoms with Gasteiger partial charge in [0.1, 0.15) is 6.61 Å². The lowest BCUT2D eigenvalue weighted by atomic mass is 9.98. The first-order valence-corrected chi connectivity index (χ1v) is 9.64.